The van der Waals surface area contributed by atoms with E-state index in [1.165, 1.54) is 0 Å². The van der Waals surface area contributed by atoms with Crippen molar-refractivity contribution in [1.29, 1.82) is 0 Å². The lowest BCUT2D eigenvalue weighted by atomic mass is 9.95. The van der Waals surface area contributed by atoms with Gasteiger partial charge < -0.3 is 21.3 Å². The van der Waals surface area contributed by atoms with Crippen LogP contribution < -0.4 is 16.4 Å². The molecule has 164 valence electrons. The Morgan fingerprint density at radius 1 is 1.20 bits per heavy atom. The summed E-state index contributed by atoms with van der Waals surface area (Å²) in [5.74, 6) is 1.20. The Morgan fingerprint density at radius 2 is 2.00 bits per heavy atom. The van der Waals surface area contributed by atoms with Crippen LogP contribution in [0.1, 0.15) is 57.4 Å². The SMILES string of the molecule is CCNC(=NCc1cccc(NC(=O)C2CCCC2)c1)N1CCCC(CC(N)=O)C1. The Balaban J connectivity index is 1.62. The Labute approximate surface area is 179 Å². The van der Waals surface area contributed by atoms with Gasteiger partial charge in [-0.3, -0.25) is 9.59 Å². The summed E-state index contributed by atoms with van der Waals surface area (Å²) in [6.07, 6.45) is 6.78. The molecule has 0 bridgehead atoms. The van der Waals surface area contributed by atoms with E-state index in [4.69, 9.17) is 10.7 Å². The maximum Gasteiger partial charge on any atom is 0.227 e. The first-order chi connectivity index (χ1) is 14.5. The van der Waals surface area contributed by atoms with Crippen molar-refractivity contribution >= 4 is 23.5 Å². The summed E-state index contributed by atoms with van der Waals surface area (Å²) >= 11 is 0. The van der Waals surface area contributed by atoms with Crippen LogP contribution in [0.2, 0.25) is 0 Å². The molecule has 1 aliphatic heterocycles. The zero-order chi connectivity index (χ0) is 21.3. The van der Waals surface area contributed by atoms with Crippen LogP contribution in [0.5, 0.6) is 0 Å². The summed E-state index contributed by atoms with van der Waals surface area (Å²) < 4.78 is 0. The first-order valence-electron chi connectivity index (χ1n) is 11.3. The number of carbonyl (C=O) groups excluding carboxylic acids is 2. The molecule has 1 aliphatic carbocycles. The van der Waals surface area contributed by atoms with Crippen LogP contribution >= 0.6 is 0 Å². The number of carbonyl (C=O) groups is 2. The number of nitrogens with one attached hydrogen (secondary N) is 2. The minimum Gasteiger partial charge on any atom is -0.370 e. The molecule has 4 N–H and O–H groups in total. The van der Waals surface area contributed by atoms with Crippen LogP contribution in [0.25, 0.3) is 0 Å². The summed E-state index contributed by atoms with van der Waals surface area (Å²) in [5.41, 5.74) is 7.29. The molecule has 7 nitrogen and oxygen atoms in total. The number of anilines is 1. The summed E-state index contributed by atoms with van der Waals surface area (Å²) in [5, 5.41) is 6.44. The molecule has 1 saturated carbocycles. The molecule has 0 radical (unpaired) electrons. The van der Waals surface area contributed by atoms with Crippen LogP contribution in [0, 0.1) is 11.8 Å². The number of aliphatic imine (C=N–C) groups is 1. The van der Waals surface area contributed by atoms with Gasteiger partial charge in [0.15, 0.2) is 5.96 Å². The number of nitrogens with zero attached hydrogens (tertiary/aromatic N) is 2. The molecule has 0 spiro atoms. The average molecular weight is 414 g/mol. The molecule has 1 unspecified atom stereocenters. The van der Waals surface area contributed by atoms with Gasteiger partial charge in [-0.15, -0.1) is 0 Å². The lowest BCUT2D eigenvalue weighted by Crippen LogP contribution is -2.47. The van der Waals surface area contributed by atoms with Gasteiger partial charge in [0.05, 0.1) is 6.54 Å². The summed E-state index contributed by atoms with van der Waals surface area (Å²) in [6, 6.07) is 7.94. The highest BCUT2D eigenvalue weighted by Crippen LogP contribution is 2.26. The van der Waals surface area contributed by atoms with Gasteiger partial charge in [0.2, 0.25) is 11.8 Å². The van der Waals surface area contributed by atoms with E-state index in [1.807, 2.05) is 24.3 Å². The predicted octanol–water partition coefficient (Wildman–Crippen LogP) is 2.87. The van der Waals surface area contributed by atoms with E-state index >= 15 is 0 Å². The fourth-order valence-electron chi connectivity index (χ4n) is 4.48. The first-order valence-corrected chi connectivity index (χ1v) is 11.3. The molecule has 2 fully saturated rings. The summed E-state index contributed by atoms with van der Waals surface area (Å²) in [4.78, 5) is 30.8. The number of piperidine rings is 1. The number of rotatable bonds is 7. The number of benzene rings is 1. The number of hydrogen-bond donors (Lipinski definition) is 3. The van der Waals surface area contributed by atoms with Crippen LogP contribution in [0.3, 0.4) is 0 Å². The standard InChI is InChI=1S/C23H35N5O2/c1-2-25-23(28-12-6-8-18(16-28)14-21(24)29)26-15-17-7-5-11-20(13-17)27-22(30)19-9-3-4-10-19/h5,7,11,13,18-19H,2-4,6,8-10,12,14-16H2,1H3,(H2,24,29)(H,25,26)(H,27,30). The molecule has 7 heteroatoms. The third kappa shape index (κ3) is 6.47. The minimum absolute atomic E-state index is 0.135. The molecule has 1 aromatic carbocycles. The number of amides is 2. The second-order valence-electron chi connectivity index (χ2n) is 8.47. The van der Waals surface area contributed by atoms with Crippen molar-refractivity contribution < 1.29 is 9.59 Å². The van der Waals surface area contributed by atoms with Crippen molar-refractivity contribution in [3.63, 3.8) is 0 Å². The van der Waals surface area contributed by atoms with Gasteiger partial charge in [-0.25, -0.2) is 4.99 Å². The van der Waals surface area contributed by atoms with Gasteiger partial charge in [-0.2, -0.15) is 0 Å². The number of primary amides is 1. The van der Waals surface area contributed by atoms with Gasteiger partial charge in [0, 0.05) is 37.7 Å². The highest BCUT2D eigenvalue weighted by atomic mass is 16.2. The normalized spacial score (nSPS) is 20.2. The van der Waals surface area contributed by atoms with Gasteiger partial charge >= 0.3 is 0 Å². The number of hydrogen-bond acceptors (Lipinski definition) is 3. The molecule has 2 amide bonds. The van der Waals surface area contributed by atoms with Crippen molar-refractivity contribution in [3.8, 4) is 0 Å². The second-order valence-corrected chi connectivity index (χ2v) is 8.47. The van der Waals surface area contributed by atoms with E-state index < -0.39 is 0 Å². The van der Waals surface area contributed by atoms with Crippen molar-refractivity contribution in [2.75, 3.05) is 25.0 Å². The van der Waals surface area contributed by atoms with E-state index in [1.54, 1.807) is 0 Å². The minimum atomic E-state index is -0.236. The zero-order valence-corrected chi connectivity index (χ0v) is 18.0. The Hall–Kier alpha value is -2.57. The van der Waals surface area contributed by atoms with Crippen LogP contribution in [0.4, 0.5) is 5.69 Å². The average Bonchev–Trinajstić information content (AvgIpc) is 3.26. The van der Waals surface area contributed by atoms with E-state index in [-0.39, 0.29) is 23.7 Å². The van der Waals surface area contributed by atoms with E-state index in [0.29, 0.717) is 13.0 Å². The second kappa shape index (κ2) is 11.0. The zero-order valence-electron chi connectivity index (χ0n) is 18.0. The highest BCUT2D eigenvalue weighted by Gasteiger charge is 2.24. The first kappa shape index (κ1) is 22.1. The maximum absolute atomic E-state index is 12.4. The molecule has 2 aliphatic rings. The fourth-order valence-corrected chi connectivity index (χ4v) is 4.48. The largest absolute Gasteiger partial charge is 0.370 e. The lowest BCUT2D eigenvalue weighted by Gasteiger charge is -2.34. The molecule has 0 aromatic heterocycles. The van der Waals surface area contributed by atoms with Crippen LogP contribution in [-0.4, -0.2) is 42.3 Å². The fraction of sp³-hybridized carbons (Fsp3) is 0.609. The predicted molar refractivity (Wildman–Crippen MR) is 120 cm³/mol. The third-order valence-electron chi connectivity index (χ3n) is 5.98. The number of nitrogens with two attached hydrogens (primary N) is 1. The molecule has 1 saturated heterocycles. The molecule has 1 heterocycles. The number of likely N-dealkylation sites (tertiary alicyclic amines) is 1. The van der Waals surface area contributed by atoms with E-state index in [2.05, 4.69) is 22.5 Å². The Bertz CT molecular complexity index is 758. The summed E-state index contributed by atoms with van der Waals surface area (Å²) in [6.45, 7) is 5.10. The smallest absolute Gasteiger partial charge is 0.227 e. The topological polar surface area (TPSA) is 99.8 Å². The number of guanidine groups is 1. The van der Waals surface area contributed by atoms with Crippen molar-refractivity contribution in [3.05, 3.63) is 29.8 Å². The Morgan fingerprint density at radius 3 is 2.73 bits per heavy atom. The molecule has 1 aromatic rings. The van der Waals surface area contributed by atoms with Crippen LogP contribution in [-0.2, 0) is 16.1 Å². The molecule has 3 rings (SSSR count). The van der Waals surface area contributed by atoms with Crippen molar-refractivity contribution in [2.45, 2.75) is 58.4 Å². The van der Waals surface area contributed by atoms with Gasteiger partial charge in [0.1, 0.15) is 0 Å². The molecule has 30 heavy (non-hydrogen) atoms. The van der Waals surface area contributed by atoms with Gasteiger partial charge in [-0.05, 0) is 56.2 Å². The van der Waals surface area contributed by atoms with Gasteiger partial charge in [-0.1, -0.05) is 25.0 Å². The van der Waals surface area contributed by atoms with E-state index in [9.17, 15) is 9.59 Å². The van der Waals surface area contributed by atoms with Crippen molar-refractivity contribution in [2.24, 2.45) is 22.6 Å². The quantitative estimate of drug-likeness (QED) is 0.473. The van der Waals surface area contributed by atoms with Gasteiger partial charge in [0.25, 0.3) is 0 Å². The summed E-state index contributed by atoms with van der Waals surface area (Å²) in [7, 11) is 0. The maximum atomic E-state index is 12.4. The molecular formula is C23H35N5O2. The van der Waals surface area contributed by atoms with E-state index in [0.717, 1.165) is 75.4 Å². The highest BCUT2D eigenvalue weighted by molar-refractivity contribution is 5.92. The van der Waals surface area contributed by atoms with Crippen molar-refractivity contribution in [1.82, 2.24) is 10.2 Å². The lowest BCUT2D eigenvalue weighted by molar-refractivity contribution is -0.120. The molecular weight excluding hydrogens is 378 g/mol. The third-order valence-corrected chi connectivity index (χ3v) is 5.98. The van der Waals surface area contributed by atoms with Crippen LogP contribution in [0.15, 0.2) is 29.3 Å². The Kier molecular flexibility index (Phi) is 8.11. The molecule has 1 atom stereocenters. The monoisotopic (exact) mass is 413 g/mol.